The van der Waals surface area contributed by atoms with Crippen LogP contribution in [0.1, 0.15) is 6.92 Å². The van der Waals surface area contributed by atoms with E-state index in [-0.39, 0.29) is 18.8 Å². The average molecular weight is 276 g/mol. The van der Waals surface area contributed by atoms with Crippen molar-refractivity contribution in [2.24, 2.45) is 0 Å². The molecule has 8 heteroatoms. The molecule has 8 nitrogen and oxygen atoms in total. The van der Waals surface area contributed by atoms with Gasteiger partial charge in [-0.15, -0.1) is 0 Å². The van der Waals surface area contributed by atoms with E-state index in [1.54, 1.807) is 0 Å². The van der Waals surface area contributed by atoms with Crippen molar-refractivity contribution >= 4 is 12.0 Å². The van der Waals surface area contributed by atoms with Crippen LogP contribution in [0.4, 0.5) is 4.79 Å². The zero-order chi connectivity index (χ0) is 14.6. The average Bonchev–Trinajstić information content (AvgIpc) is 2.79. The molecular formula is C11H20N2O6. The summed E-state index contributed by atoms with van der Waals surface area (Å²) in [5, 5.41) is 20.6. The Morgan fingerprint density at radius 3 is 2.16 bits per heavy atom. The Morgan fingerprint density at radius 2 is 1.79 bits per heavy atom. The van der Waals surface area contributed by atoms with Crippen LogP contribution in [0, 0.1) is 0 Å². The van der Waals surface area contributed by atoms with Crippen LogP contribution in [0.3, 0.4) is 0 Å². The number of carboxylic acids is 1. The number of hydrogen-bond acceptors (Lipinski definition) is 5. The maximum absolute atomic E-state index is 11.8. The third-order valence-electron chi connectivity index (χ3n) is 3.15. The maximum Gasteiger partial charge on any atom is 0.337 e. The molecule has 0 radical (unpaired) electrons. The van der Waals surface area contributed by atoms with Crippen molar-refractivity contribution in [2.75, 3.05) is 33.9 Å². The van der Waals surface area contributed by atoms with E-state index in [2.05, 4.69) is 5.32 Å². The summed E-state index contributed by atoms with van der Waals surface area (Å²) in [4.78, 5) is 24.0. The molecule has 2 amide bonds. The van der Waals surface area contributed by atoms with Crippen molar-refractivity contribution in [3.63, 3.8) is 0 Å². The first-order valence-corrected chi connectivity index (χ1v) is 5.86. The number of rotatable bonds is 5. The minimum absolute atomic E-state index is 0.212. The van der Waals surface area contributed by atoms with Crippen molar-refractivity contribution in [1.29, 1.82) is 0 Å². The monoisotopic (exact) mass is 276 g/mol. The normalized spacial score (nSPS) is 26.0. The summed E-state index contributed by atoms with van der Waals surface area (Å²) < 4.78 is 10.4. The summed E-state index contributed by atoms with van der Waals surface area (Å²) >= 11 is 0. The zero-order valence-electron chi connectivity index (χ0n) is 11.3. The van der Waals surface area contributed by atoms with Gasteiger partial charge in [0.2, 0.25) is 0 Å². The first-order valence-electron chi connectivity index (χ1n) is 5.86. The third kappa shape index (κ3) is 3.79. The summed E-state index contributed by atoms with van der Waals surface area (Å²) in [5.41, 5.74) is -1.99. The van der Waals surface area contributed by atoms with Crippen molar-refractivity contribution in [3.05, 3.63) is 0 Å². The Hall–Kier alpha value is -1.38. The predicted molar refractivity (Wildman–Crippen MR) is 64.8 cm³/mol. The molecule has 3 N–H and O–H groups in total. The summed E-state index contributed by atoms with van der Waals surface area (Å²) in [6.07, 6.45) is -0.425. The molecule has 1 aliphatic heterocycles. The maximum atomic E-state index is 11.8. The van der Waals surface area contributed by atoms with Crippen LogP contribution in [0.15, 0.2) is 0 Å². The number of ether oxygens (including phenoxy) is 2. The molecule has 0 aliphatic carbocycles. The van der Waals surface area contributed by atoms with Gasteiger partial charge in [-0.05, 0) is 6.92 Å². The summed E-state index contributed by atoms with van der Waals surface area (Å²) in [5.74, 6) is -1.39. The molecule has 1 rings (SSSR count). The number of aliphatic carboxylic acids is 1. The molecule has 1 saturated heterocycles. The van der Waals surface area contributed by atoms with E-state index >= 15 is 0 Å². The van der Waals surface area contributed by atoms with Gasteiger partial charge in [-0.25, -0.2) is 9.59 Å². The van der Waals surface area contributed by atoms with Crippen molar-refractivity contribution < 1.29 is 29.3 Å². The highest BCUT2D eigenvalue weighted by Gasteiger charge is 2.37. The summed E-state index contributed by atoms with van der Waals surface area (Å²) in [6.45, 7) is 1.47. The van der Waals surface area contributed by atoms with Gasteiger partial charge in [0.25, 0.3) is 0 Å². The topological polar surface area (TPSA) is 108 Å². The molecule has 0 aromatic rings. The van der Waals surface area contributed by atoms with E-state index in [4.69, 9.17) is 14.6 Å². The molecule has 1 heterocycles. The third-order valence-corrected chi connectivity index (χ3v) is 3.15. The second-order valence-corrected chi connectivity index (χ2v) is 4.69. The van der Waals surface area contributed by atoms with Gasteiger partial charge in [0.05, 0.1) is 19.6 Å². The van der Waals surface area contributed by atoms with Crippen LogP contribution < -0.4 is 5.32 Å². The number of carboxylic acid groups (broad SMARTS) is 1. The molecule has 0 aromatic carbocycles. The number of nitrogens with zero attached hydrogens (tertiary/aromatic N) is 1. The molecule has 3 atom stereocenters. The molecule has 0 bridgehead atoms. The van der Waals surface area contributed by atoms with Crippen LogP contribution in [0.2, 0.25) is 0 Å². The van der Waals surface area contributed by atoms with Crippen LogP contribution in [-0.2, 0) is 14.3 Å². The fourth-order valence-electron chi connectivity index (χ4n) is 1.80. The lowest BCUT2D eigenvalue weighted by Gasteiger charge is -2.22. The number of hydrogen-bond donors (Lipinski definition) is 3. The number of carbonyl (C=O) groups excluding carboxylic acids is 1. The van der Waals surface area contributed by atoms with Crippen LogP contribution >= 0.6 is 0 Å². The van der Waals surface area contributed by atoms with E-state index in [1.165, 1.54) is 19.1 Å². The number of aliphatic hydroxyl groups is 1. The summed E-state index contributed by atoms with van der Waals surface area (Å²) in [6, 6.07) is -0.455. The SMILES string of the molecule is COC1CN(C(=O)NCC(C)(O)C(=O)O)CC1OC. The molecule has 0 saturated carbocycles. The van der Waals surface area contributed by atoms with Gasteiger partial charge in [-0.2, -0.15) is 0 Å². The smallest absolute Gasteiger partial charge is 0.337 e. The molecule has 0 spiro atoms. The quantitative estimate of drug-likeness (QED) is 0.587. The Balaban J connectivity index is 2.50. The zero-order valence-corrected chi connectivity index (χ0v) is 11.3. The lowest BCUT2D eigenvalue weighted by Crippen LogP contribution is -2.50. The Kier molecular flexibility index (Phi) is 5.10. The molecule has 1 aliphatic rings. The second-order valence-electron chi connectivity index (χ2n) is 4.69. The molecule has 1 fully saturated rings. The number of nitrogens with one attached hydrogen (secondary N) is 1. The number of urea groups is 1. The van der Waals surface area contributed by atoms with Crippen molar-refractivity contribution in [1.82, 2.24) is 10.2 Å². The standard InChI is InChI=1S/C11H20N2O6/c1-11(17,9(14)15)6-12-10(16)13-4-7(18-2)8(5-13)19-3/h7-8,17H,4-6H2,1-3H3,(H,12,16)(H,14,15). The lowest BCUT2D eigenvalue weighted by atomic mass is 10.1. The molecular weight excluding hydrogens is 256 g/mol. The Bertz CT molecular complexity index is 334. The van der Waals surface area contributed by atoms with Crippen LogP contribution in [0.25, 0.3) is 0 Å². The van der Waals surface area contributed by atoms with Gasteiger partial charge in [-0.3, -0.25) is 0 Å². The lowest BCUT2D eigenvalue weighted by molar-refractivity contribution is -0.155. The Morgan fingerprint density at radius 1 is 1.32 bits per heavy atom. The minimum atomic E-state index is -1.99. The van der Waals surface area contributed by atoms with E-state index in [0.29, 0.717) is 13.1 Å². The van der Waals surface area contributed by atoms with E-state index < -0.39 is 17.6 Å². The predicted octanol–water partition coefficient (Wildman–Crippen LogP) is -1.12. The summed E-state index contributed by atoms with van der Waals surface area (Å²) in [7, 11) is 3.07. The number of methoxy groups -OCH3 is 2. The fourth-order valence-corrected chi connectivity index (χ4v) is 1.80. The fraction of sp³-hybridized carbons (Fsp3) is 0.818. The largest absolute Gasteiger partial charge is 0.479 e. The minimum Gasteiger partial charge on any atom is -0.479 e. The molecule has 19 heavy (non-hydrogen) atoms. The van der Waals surface area contributed by atoms with Gasteiger partial charge < -0.3 is 29.9 Å². The van der Waals surface area contributed by atoms with E-state index in [1.807, 2.05) is 0 Å². The first-order chi connectivity index (χ1) is 8.81. The highest BCUT2D eigenvalue weighted by molar-refractivity contribution is 5.79. The molecule has 110 valence electrons. The van der Waals surface area contributed by atoms with Crippen LogP contribution in [-0.4, -0.2) is 78.8 Å². The first kappa shape index (κ1) is 15.7. The van der Waals surface area contributed by atoms with E-state index in [9.17, 15) is 14.7 Å². The molecule has 0 aromatic heterocycles. The molecule has 3 unspecified atom stereocenters. The number of amides is 2. The van der Waals surface area contributed by atoms with E-state index in [0.717, 1.165) is 6.92 Å². The highest BCUT2D eigenvalue weighted by atomic mass is 16.5. The van der Waals surface area contributed by atoms with Gasteiger partial charge in [0, 0.05) is 14.2 Å². The Labute approximate surface area is 111 Å². The van der Waals surface area contributed by atoms with Crippen molar-refractivity contribution in [2.45, 2.75) is 24.7 Å². The van der Waals surface area contributed by atoms with Crippen LogP contribution in [0.5, 0.6) is 0 Å². The van der Waals surface area contributed by atoms with Crippen molar-refractivity contribution in [3.8, 4) is 0 Å². The number of likely N-dealkylation sites (tertiary alicyclic amines) is 1. The van der Waals surface area contributed by atoms with Gasteiger partial charge >= 0.3 is 12.0 Å². The van der Waals surface area contributed by atoms with Gasteiger partial charge in [-0.1, -0.05) is 0 Å². The van der Waals surface area contributed by atoms with Gasteiger partial charge in [0.15, 0.2) is 5.60 Å². The van der Waals surface area contributed by atoms with Gasteiger partial charge in [0.1, 0.15) is 12.2 Å². The number of carbonyl (C=O) groups is 2. The second kappa shape index (κ2) is 6.18. The highest BCUT2D eigenvalue weighted by Crippen LogP contribution is 2.15.